The Balaban J connectivity index is 1.33. The van der Waals surface area contributed by atoms with Crippen molar-refractivity contribution < 1.29 is 9.47 Å². The Morgan fingerprint density at radius 3 is 2.65 bits per heavy atom. The minimum atomic E-state index is -0.109. The Morgan fingerprint density at radius 2 is 1.85 bits per heavy atom. The average Bonchev–Trinajstić information content (AvgIpc) is 2.92. The summed E-state index contributed by atoms with van der Waals surface area (Å²) in [6.07, 6.45) is 2.64. The van der Waals surface area contributed by atoms with Crippen LogP contribution < -0.4 is 0 Å². The minimum absolute atomic E-state index is 0.109. The molecular weight excluding hydrogens is 326 g/mol. The largest absolute Gasteiger partial charge is 0.377 e. The lowest BCUT2D eigenvalue weighted by atomic mass is 9.99. The molecule has 0 aliphatic carbocycles. The molecule has 2 atom stereocenters. The average molecular weight is 360 g/mol. The zero-order chi connectivity index (χ0) is 17.8. The van der Waals surface area contributed by atoms with E-state index in [-0.39, 0.29) is 5.60 Å². The van der Waals surface area contributed by atoms with Crippen LogP contribution in [0.2, 0.25) is 0 Å². The fraction of sp³-hybridized carbons (Fsp3) is 0.714. The Kier molecular flexibility index (Phi) is 5.91. The third-order valence-electron chi connectivity index (χ3n) is 6.07. The van der Waals surface area contributed by atoms with E-state index in [4.69, 9.17) is 9.47 Å². The number of likely N-dealkylation sites (N-methyl/N-ethyl adjacent to an activating group) is 1. The van der Waals surface area contributed by atoms with E-state index in [0.717, 1.165) is 52.2 Å². The summed E-state index contributed by atoms with van der Waals surface area (Å²) in [6.45, 7) is 10.3. The molecule has 3 aliphatic rings. The van der Waals surface area contributed by atoms with Gasteiger partial charge in [-0.15, -0.1) is 0 Å². The smallest absolute Gasteiger partial charge is 0.105 e. The number of ether oxygens (including phenoxy) is 2. The van der Waals surface area contributed by atoms with Crippen molar-refractivity contribution >= 4 is 0 Å². The van der Waals surface area contributed by atoms with Gasteiger partial charge in [0.2, 0.25) is 0 Å². The second-order valence-corrected chi connectivity index (χ2v) is 8.31. The van der Waals surface area contributed by atoms with Gasteiger partial charge < -0.3 is 14.4 Å². The summed E-state index contributed by atoms with van der Waals surface area (Å²) in [6, 6.07) is 10.8. The summed E-state index contributed by atoms with van der Waals surface area (Å²) >= 11 is 0. The summed E-state index contributed by atoms with van der Waals surface area (Å²) in [7, 11) is 2.21. The molecule has 0 aromatic heterocycles. The van der Waals surface area contributed by atoms with E-state index in [1.165, 1.54) is 31.7 Å². The minimum Gasteiger partial charge on any atom is -0.377 e. The quantitative estimate of drug-likeness (QED) is 0.816. The third kappa shape index (κ3) is 4.65. The van der Waals surface area contributed by atoms with Gasteiger partial charge in [0, 0.05) is 52.4 Å². The summed E-state index contributed by atoms with van der Waals surface area (Å²) in [4.78, 5) is 7.50. The van der Waals surface area contributed by atoms with Crippen molar-refractivity contribution in [1.82, 2.24) is 14.7 Å². The fourth-order valence-electron chi connectivity index (χ4n) is 4.53. The highest BCUT2D eigenvalue weighted by Crippen LogP contribution is 2.34. The Bertz CT molecular complexity index is 562. The molecule has 4 rings (SSSR count). The van der Waals surface area contributed by atoms with Gasteiger partial charge >= 0.3 is 0 Å². The summed E-state index contributed by atoms with van der Waals surface area (Å²) < 4.78 is 12.6. The van der Waals surface area contributed by atoms with Crippen LogP contribution in [0, 0.1) is 0 Å². The Labute approximate surface area is 157 Å². The van der Waals surface area contributed by atoms with Crippen molar-refractivity contribution in [3.05, 3.63) is 35.9 Å². The van der Waals surface area contributed by atoms with Crippen LogP contribution in [0.4, 0.5) is 0 Å². The first kappa shape index (κ1) is 18.4. The Hall–Kier alpha value is -0.980. The van der Waals surface area contributed by atoms with Gasteiger partial charge in [-0.25, -0.2) is 0 Å². The van der Waals surface area contributed by atoms with Crippen molar-refractivity contribution in [2.75, 3.05) is 66.1 Å². The molecule has 5 nitrogen and oxygen atoms in total. The van der Waals surface area contributed by atoms with E-state index < -0.39 is 0 Å². The van der Waals surface area contributed by atoms with Gasteiger partial charge in [-0.3, -0.25) is 9.80 Å². The molecule has 5 heteroatoms. The lowest BCUT2D eigenvalue weighted by Gasteiger charge is -2.35. The van der Waals surface area contributed by atoms with Crippen LogP contribution in [0.3, 0.4) is 0 Å². The van der Waals surface area contributed by atoms with Crippen molar-refractivity contribution in [3.63, 3.8) is 0 Å². The molecule has 144 valence electrons. The zero-order valence-corrected chi connectivity index (χ0v) is 16.1. The number of rotatable bonds is 4. The van der Waals surface area contributed by atoms with Gasteiger partial charge in [-0.2, -0.15) is 0 Å². The highest BCUT2D eigenvalue weighted by Gasteiger charge is 2.43. The molecule has 3 saturated heterocycles. The Morgan fingerprint density at radius 1 is 1.04 bits per heavy atom. The number of piperazine rings is 1. The van der Waals surface area contributed by atoms with Crippen LogP contribution in [0.1, 0.15) is 18.4 Å². The maximum atomic E-state index is 6.65. The molecule has 3 heterocycles. The molecule has 1 aromatic rings. The molecule has 0 unspecified atom stereocenters. The van der Waals surface area contributed by atoms with E-state index in [9.17, 15) is 0 Å². The van der Waals surface area contributed by atoms with Crippen LogP contribution in [0.25, 0.3) is 0 Å². The van der Waals surface area contributed by atoms with E-state index in [2.05, 4.69) is 52.1 Å². The topological polar surface area (TPSA) is 28.2 Å². The number of hydrogen-bond donors (Lipinski definition) is 0. The predicted octanol–water partition coefficient (Wildman–Crippen LogP) is 1.68. The monoisotopic (exact) mass is 359 g/mol. The molecule has 0 amide bonds. The van der Waals surface area contributed by atoms with Crippen molar-refractivity contribution in [3.8, 4) is 0 Å². The molecule has 0 bridgehead atoms. The standard InChI is InChI=1S/C21H33N3O2/c1-22-9-11-23(12-10-22)16-20-7-8-21(26-20)17-24(13-14-25-18-21)15-19-5-3-2-4-6-19/h2-6,20H,7-18H2,1H3/t20-,21+/m1/s1. The number of benzene rings is 1. The number of hydrogen-bond acceptors (Lipinski definition) is 5. The van der Waals surface area contributed by atoms with Crippen LogP contribution in [-0.2, 0) is 16.0 Å². The second kappa shape index (κ2) is 8.36. The van der Waals surface area contributed by atoms with Crippen molar-refractivity contribution in [2.45, 2.75) is 31.1 Å². The van der Waals surface area contributed by atoms with E-state index in [1.54, 1.807) is 0 Å². The molecular formula is C21H33N3O2. The van der Waals surface area contributed by atoms with Crippen LogP contribution >= 0.6 is 0 Å². The first-order valence-corrected chi connectivity index (χ1v) is 10.1. The lowest BCUT2D eigenvalue weighted by Crippen LogP contribution is -2.48. The summed E-state index contributed by atoms with van der Waals surface area (Å²) in [5, 5.41) is 0. The molecule has 3 aliphatic heterocycles. The van der Waals surface area contributed by atoms with Crippen LogP contribution in [0.5, 0.6) is 0 Å². The van der Waals surface area contributed by atoms with Gasteiger partial charge in [0.15, 0.2) is 0 Å². The van der Waals surface area contributed by atoms with E-state index >= 15 is 0 Å². The van der Waals surface area contributed by atoms with Crippen molar-refractivity contribution in [2.24, 2.45) is 0 Å². The van der Waals surface area contributed by atoms with Crippen LogP contribution in [-0.4, -0.2) is 92.5 Å². The SMILES string of the molecule is CN1CCN(C[C@H]2CC[C@]3(COCCN(Cc4ccccc4)C3)O2)CC1. The molecule has 3 fully saturated rings. The predicted molar refractivity (Wildman–Crippen MR) is 103 cm³/mol. The van der Waals surface area contributed by atoms with Gasteiger partial charge in [0.05, 0.1) is 19.3 Å². The third-order valence-corrected chi connectivity index (χ3v) is 6.07. The summed E-state index contributed by atoms with van der Waals surface area (Å²) in [5.41, 5.74) is 1.26. The van der Waals surface area contributed by atoms with E-state index in [0.29, 0.717) is 6.10 Å². The zero-order valence-electron chi connectivity index (χ0n) is 16.1. The molecule has 1 aromatic carbocycles. The first-order chi connectivity index (χ1) is 12.7. The molecule has 1 spiro atoms. The summed E-state index contributed by atoms with van der Waals surface area (Å²) in [5.74, 6) is 0. The van der Waals surface area contributed by atoms with Gasteiger partial charge in [-0.05, 0) is 25.5 Å². The van der Waals surface area contributed by atoms with E-state index in [1.807, 2.05) is 0 Å². The van der Waals surface area contributed by atoms with Crippen LogP contribution in [0.15, 0.2) is 30.3 Å². The lowest BCUT2D eigenvalue weighted by molar-refractivity contribution is -0.0938. The maximum absolute atomic E-state index is 6.65. The van der Waals surface area contributed by atoms with Gasteiger partial charge in [-0.1, -0.05) is 30.3 Å². The number of nitrogens with zero attached hydrogens (tertiary/aromatic N) is 3. The fourth-order valence-corrected chi connectivity index (χ4v) is 4.53. The van der Waals surface area contributed by atoms with Crippen molar-refractivity contribution in [1.29, 1.82) is 0 Å². The normalized spacial score (nSPS) is 32.1. The highest BCUT2D eigenvalue weighted by molar-refractivity contribution is 5.14. The molecule has 26 heavy (non-hydrogen) atoms. The second-order valence-electron chi connectivity index (χ2n) is 8.31. The molecule has 0 saturated carbocycles. The highest BCUT2D eigenvalue weighted by atomic mass is 16.6. The first-order valence-electron chi connectivity index (χ1n) is 10.1. The van der Waals surface area contributed by atoms with Gasteiger partial charge in [0.25, 0.3) is 0 Å². The molecule has 0 N–H and O–H groups in total. The molecule has 0 radical (unpaired) electrons. The maximum Gasteiger partial charge on any atom is 0.105 e. The van der Waals surface area contributed by atoms with Gasteiger partial charge in [0.1, 0.15) is 5.60 Å².